The highest BCUT2D eigenvalue weighted by atomic mass is 16.5. The Morgan fingerprint density at radius 2 is 2.00 bits per heavy atom. The molecule has 14 heavy (non-hydrogen) atoms. The van der Waals surface area contributed by atoms with Crippen LogP contribution in [0.3, 0.4) is 0 Å². The third kappa shape index (κ3) is 6.68. The number of carboxylic acid groups (broad SMARTS) is 1. The first-order valence-electron chi connectivity index (χ1n) is 5.06. The molecular weight excluding hydrogens is 184 g/mol. The Balaban J connectivity index is 0.000000791. The predicted molar refractivity (Wildman–Crippen MR) is 54.6 cm³/mol. The zero-order valence-corrected chi connectivity index (χ0v) is 8.95. The monoisotopic (exact) mass is 204 g/mol. The molecule has 5 nitrogen and oxygen atoms in total. The van der Waals surface area contributed by atoms with Crippen LogP contribution >= 0.6 is 0 Å². The predicted octanol–water partition coefficient (Wildman–Crippen LogP) is 0.612. The van der Waals surface area contributed by atoms with Gasteiger partial charge in [0.25, 0.3) is 0 Å². The van der Waals surface area contributed by atoms with Crippen LogP contribution in [0.1, 0.15) is 13.8 Å². The molecule has 84 valence electrons. The Kier molecular flexibility index (Phi) is 8.27. The molecule has 0 aromatic rings. The van der Waals surface area contributed by atoms with E-state index in [1.807, 2.05) is 13.8 Å². The Morgan fingerprint density at radius 3 is 2.50 bits per heavy atom. The molecule has 2 N–H and O–H groups in total. The Hall–Kier alpha value is -0.810. The smallest absolute Gasteiger partial charge is 0.404 e. The quantitative estimate of drug-likeness (QED) is 0.707. The minimum atomic E-state index is -0.955. The van der Waals surface area contributed by atoms with E-state index in [-0.39, 0.29) is 0 Å². The standard InChI is InChI=1S/C7H14N2O3.C2H6/c10-7(11)8-1-2-9-3-5-12-6-4-9;1-2/h8H,1-6H2,(H,10,11);1-2H3. The molecule has 1 aliphatic heterocycles. The summed E-state index contributed by atoms with van der Waals surface area (Å²) in [4.78, 5) is 12.3. The van der Waals surface area contributed by atoms with E-state index in [2.05, 4.69) is 10.2 Å². The van der Waals surface area contributed by atoms with Gasteiger partial charge in [0.15, 0.2) is 0 Å². The average molecular weight is 204 g/mol. The Labute approximate surface area is 85.0 Å². The fraction of sp³-hybridized carbons (Fsp3) is 0.889. The van der Waals surface area contributed by atoms with E-state index in [9.17, 15) is 4.79 Å². The van der Waals surface area contributed by atoms with Gasteiger partial charge in [-0.3, -0.25) is 4.90 Å². The second-order valence-corrected chi connectivity index (χ2v) is 2.69. The average Bonchev–Trinajstić information content (AvgIpc) is 2.22. The summed E-state index contributed by atoms with van der Waals surface area (Å²) in [5.74, 6) is 0. The summed E-state index contributed by atoms with van der Waals surface area (Å²) in [5.41, 5.74) is 0. The first-order valence-corrected chi connectivity index (χ1v) is 5.06. The van der Waals surface area contributed by atoms with Crippen molar-refractivity contribution in [2.24, 2.45) is 0 Å². The van der Waals surface area contributed by atoms with E-state index in [1.165, 1.54) is 0 Å². The summed E-state index contributed by atoms with van der Waals surface area (Å²) in [6.07, 6.45) is -0.955. The molecule has 0 spiro atoms. The maximum absolute atomic E-state index is 10.1. The van der Waals surface area contributed by atoms with Gasteiger partial charge in [-0.15, -0.1) is 0 Å². The lowest BCUT2D eigenvalue weighted by molar-refractivity contribution is 0.0385. The molecule has 0 radical (unpaired) electrons. The Bertz CT molecular complexity index is 147. The summed E-state index contributed by atoms with van der Waals surface area (Å²) in [5, 5.41) is 10.6. The van der Waals surface area contributed by atoms with Crippen LogP contribution < -0.4 is 5.32 Å². The first-order chi connectivity index (χ1) is 6.79. The Morgan fingerprint density at radius 1 is 1.43 bits per heavy atom. The van der Waals surface area contributed by atoms with Crippen molar-refractivity contribution in [1.82, 2.24) is 10.2 Å². The maximum atomic E-state index is 10.1. The molecule has 1 saturated heterocycles. The molecule has 0 bridgehead atoms. The summed E-state index contributed by atoms with van der Waals surface area (Å²) in [6, 6.07) is 0. The second kappa shape index (κ2) is 8.77. The highest BCUT2D eigenvalue weighted by Crippen LogP contribution is 1.94. The van der Waals surface area contributed by atoms with Crippen LogP contribution in [0.25, 0.3) is 0 Å². The molecule has 0 aromatic heterocycles. The molecule has 1 rings (SSSR count). The zero-order chi connectivity index (χ0) is 10.8. The number of amides is 1. The fourth-order valence-electron chi connectivity index (χ4n) is 1.15. The van der Waals surface area contributed by atoms with Crippen molar-refractivity contribution in [1.29, 1.82) is 0 Å². The molecule has 0 unspecified atom stereocenters. The summed E-state index contributed by atoms with van der Waals surface area (Å²) >= 11 is 0. The fourth-order valence-corrected chi connectivity index (χ4v) is 1.15. The number of rotatable bonds is 3. The summed E-state index contributed by atoms with van der Waals surface area (Å²) in [6.45, 7) is 8.59. The molecule has 0 atom stereocenters. The van der Waals surface area contributed by atoms with Gasteiger partial charge < -0.3 is 15.2 Å². The highest BCUT2D eigenvalue weighted by Gasteiger charge is 2.09. The van der Waals surface area contributed by atoms with Crippen molar-refractivity contribution in [3.05, 3.63) is 0 Å². The number of carbonyl (C=O) groups is 1. The van der Waals surface area contributed by atoms with E-state index in [0.717, 1.165) is 32.8 Å². The molecule has 0 aromatic carbocycles. The van der Waals surface area contributed by atoms with Crippen LogP contribution in [-0.4, -0.2) is 55.5 Å². The number of nitrogens with one attached hydrogen (secondary N) is 1. The topological polar surface area (TPSA) is 61.8 Å². The van der Waals surface area contributed by atoms with Gasteiger partial charge in [-0.05, 0) is 0 Å². The lowest BCUT2D eigenvalue weighted by atomic mass is 10.4. The normalized spacial score (nSPS) is 16.7. The van der Waals surface area contributed by atoms with Crippen LogP contribution in [0.4, 0.5) is 4.79 Å². The van der Waals surface area contributed by atoms with Crippen molar-refractivity contribution in [2.45, 2.75) is 13.8 Å². The molecule has 1 fully saturated rings. The number of hydrogen-bond acceptors (Lipinski definition) is 3. The second-order valence-electron chi connectivity index (χ2n) is 2.69. The minimum Gasteiger partial charge on any atom is -0.465 e. The molecule has 1 heterocycles. The van der Waals surface area contributed by atoms with Crippen LogP contribution in [0, 0.1) is 0 Å². The lowest BCUT2D eigenvalue weighted by Crippen LogP contribution is -2.41. The largest absolute Gasteiger partial charge is 0.465 e. The van der Waals surface area contributed by atoms with Crippen molar-refractivity contribution in [3.63, 3.8) is 0 Å². The van der Waals surface area contributed by atoms with Crippen LogP contribution in [0.15, 0.2) is 0 Å². The molecule has 5 heteroatoms. The van der Waals surface area contributed by atoms with Gasteiger partial charge >= 0.3 is 6.09 Å². The number of morpholine rings is 1. The third-order valence-electron chi connectivity index (χ3n) is 1.81. The molecule has 0 saturated carbocycles. The van der Waals surface area contributed by atoms with Gasteiger partial charge in [0, 0.05) is 26.2 Å². The van der Waals surface area contributed by atoms with Crippen molar-refractivity contribution in [3.8, 4) is 0 Å². The van der Waals surface area contributed by atoms with Gasteiger partial charge in [0.05, 0.1) is 13.2 Å². The van der Waals surface area contributed by atoms with Crippen LogP contribution in [0.5, 0.6) is 0 Å². The van der Waals surface area contributed by atoms with Crippen molar-refractivity contribution >= 4 is 6.09 Å². The summed E-state index contributed by atoms with van der Waals surface area (Å²) in [7, 11) is 0. The van der Waals surface area contributed by atoms with E-state index < -0.39 is 6.09 Å². The van der Waals surface area contributed by atoms with Crippen molar-refractivity contribution in [2.75, 3.05) is 39.4 Å². The third-order valence-corrected chi connectivity index (χ3v) is 1.81. The minimum absolute atomic E-state index is 0.495. The maximum Gasteiger partial charge on any atom is 0.404 e. The molecule has 0 aliphatic carbocycles. The van der Waals surface area contributed by atoms with E-state index in [1.54, 1.807) is 0 Å². The SMILES string of the molecule is CC.O=C(O)NCCN1CCOCC1. The lowest BCUT2D eigenvalue weighted by Gasteiger charge is -2.26. The highest BCUT2D eigenvalue weighted by molar-refractivity contribution is 5.64. The van der Waals surface area contributed by atoms with Gasteiger partial charge in [-0.1, -0.05) is 13.8 Å². The van der Waals surface area contributed by atoms with Crippen LogP contribution in [-0.2, 0) is 4.74 Å². The van der Waals surface area contributed by atoms with E-state index in [4.69, 9.17) is 9.84 Å². The van der Waals surface area contributed by atoms with Crippen LogP contribution in [0.2, 0.25) is 0 Å². The van der Waals surface area contributed by atoms with E-state index >= 15 is 0 Å². The number of ether oxygens (including phenoxy) is 1. The summed E-state index contributed by atoms with van der Waals surface area (Å²) < 4.78 is 5.15. The van der Waals surface area contributed by atoms with Gasteiger partial charge in [0.2, 0.25) is 0 Å². The molecule has 1 amide bonds. The van der Waals surface area contributed by atoms with Gasteiger partial charge in [0.1, 0.15) is 0 Å². The number of hydrogen-bond donors (Lipinski definition) is 2. The molecular formula is C9H20N2O3. The zero-order valence-electron chi connectivity index (χ0n) is 8.95. The number of nitrogens with zero attached hydrogens (tertiary/aromatic N) is 1. The molecule has 1 aliphatic rings. The van der Waals surface area contributed by atoms with Gasteiger partial charge in [-0.2, -0.15) is 0 Å². The first kappa shape index (κ1) is 13.2. The van der Waals surface area contributed by atoms with Crippen molar-refractivity contribution < 1.29 is 14.6 Å². The van der Waals surface area contributed by atoms with Gasteiger partial charge in [-0.25, -0.2) is 4.79 Å². The van der Waals surface area contributed by atoms with E-state index in [0.29, 0.717) is 6.54 Å².